The lowest BCUT2D eigenvalue weighted by Gasteiger charge is -2.10. The molecule has 0 saturated carbocycles. The van der Waals surface area contributed by atoms with E-state index < -0.39 is 12.4 Å². The van der Waals surface area contributed by atoms with Crippen LogP contribution < -0.4 is 5.73 Å². The highest BCUT2D eigenvalue weighted by Crippen LogP contribution is 2.29. The fourth-order valence-electron chi connectivity index (χ4n) is 1.10. The summed E-state index contributed by atoms with van der Waals surface area (Å²) in [6.45, 7) is 0. The minimum absolute atomic E-state index is 0.0687. The minimum Gasteiger partial charge on any atom is -0.469 e. The standard InChI is InChI=1S/C9H9F2IN2O2/c1-16-6(15)2-4-7(12)5(8(10)11)3-14-9(4)13/h3,8H,2H2,1H3,(H2,13,14). The first-order chi connectivity index (χ1) is 7.47. The summed E-state index contributed by atoms with van der Waals surface area (Å²) >= 11 is 1.72. The second kappa shape index (κ2) is 5.37. The molecule has 0 saturated heterocycles. The highest BCUT2D eigenvalue weighted by atomic mass is 127. The van der Waals surface area contributed by atoms with Gasteiger partial charge in [0.2, 0.25) is 0 Å². The van der Waals surface area contributed by atoms with Gasteiger partial charge in [0, 0.05) is 20.9 Å². The van der Waals surface area contributed by atoms with Crippen LogP contribution >= 0.6 is 22.6 Å². The summed E-state index contributed by atoms with van der Waals surface area (Å²) in [4.78, 5) is 14.7. The van der Waals surface area contributed by atoms with Crippen LogP contribution in [-0.4, -0.2) is 18.1 Å². The van der Waals surface area contributed by atoms with Crippen molar-refractivity contribution < 1.29 is 18.3 Å². The maximum Gasteiger partial charge on any atom is 0.310 e. The van der Waals surface area contributed by atoms with Gasteiger partial charge in [0.05, 0.1) is 13.5 Å². The Kier molecular flexibility index (Phi) is 4.39. The summed E-state index contributed by atoms with van der Waals surface area (Å²) in [5.74, 6) is -0.475. The molecule has 0 aliphatic heterocycles. The van der Waals surface area contributed by atoms with E-state index >= 15 is 0 Å². The number of carbonyl (C=O) groups excluding carboxylic acids is 1. The zero-order chi connectivity index (χ0) is 12.3. The Morgan fingerprint density at radius 3 is 2.81 bits per heavy atom. The van der Waals surface area contributed by atoms with Gasteiger partial charge in [-0.05, 0) is 22.6 Å². The van der Waals surface area contributed by atoms with E-state index in [1.807, 2.05) is 0 Å². The molecule has 4 nitrogen and oxygen atoms in total. The number of pyridine rings is 1. The molecule has 0 aliphatic carbocycles. The molecule has 1 aromatic rings. The van der Waals surface area contributed by atoms with Crippen molar-refractivity contribution in [2.75, 3.05) is 12.8 Å². The lowest BCUT2D eigenvalue weighted by atomic mass is 10.1. The van der Waals surface area contributed by atoms with E-state index in [0.29, 0.717) is 0 Å². The first-order valence-corrected chi connectivity index (χ1v) is 5.33. The monoisotopic (exact) mass is 342 g/mol. The Morgan fingerprint density at radius 2 is 2.31 bits per heavy atom. The van der Waals surface area contributed by atoms with Gasteiger partial charge in [0.1, 0.15) is 5.82 Å². The molecule has 0 bridgehead atoms. The Hall–Kier alpha value is -0.990. The van der Waals surface area contributed by atoms with Gasteiger partial charge < -0.3 is 10.5 Å². The van der Waals surface area contributed by atoms with Gasteiger partial charge in [-0.1, -0.05) is 0 Å². The summed E-state index contributed by atoms with van der Waals surface area (Å²) in [6.07, 6.45) is -1.78. The largest absolute Gasteiger partial charge is 0.469 e. The Labute approximate surface area is 104 Å². The minimum atomic E-state index is -2.64. The molecule has 0 spiro atoms. The van der Waals surface area contributed by atoms with Crippen LogP contribution in [0.2, 0.25) is 0 Å². The predicted octanol–water partition coefficient (Wildman–Crippen LogP) is 1.92. The fourth-order valence-corrected chi connectivity index (χ4v) is 1.94. The molecule has 88 valence electrons. The topological polar surface area (TPSA) is 65.2 Å². The summed E-state index contributed by atoms with van der Waals surface area (Å²) in [5.41, 5.74) is 5.58. The average molecular weight is 342 g/mol. The number of methoxy groups -OCH3 is 1. The van der Waals surface area contributed by atoms with Crippen molar-refractivity contribution in [1.82, 2.24) is 4.98 Å². The molecule has 0 aromatic carbocycles. The number of hydrogen-bond acceptors (Lipinski definition) is 4. The van der Waals surface area contributed by atoms with E-state index in [2.05, 4.69) is 9.72 Å². The van der Waals surface area contributed by atoms with E-state index in [0.717, 1.165) is 6.20 Å². The highest BCUT2D eigenvalue weighted by Gasteiger charge is 2.19. The van der Waals surface area contributed by atoms with E-state index in [4.69, 9.17) is 5.73 Å². The third-order valence-corrected chi connectivity index (χ3v) is 3.23. The Bertz CT molecular complexity index is 413. The Morgan fingerprint density at radius 1 is 1.69 bits per heavy atom. The molecule has 1 heterocycles. The second-order valence-corrected chi connectivity index (χ2v) is 4.02. The van der Waals surface area contributed by atoms with E-state index in [1.54, 1.807) is 22.6 Å². The van der Waals surface area contributed by atoms with Crippen molar-refractivity contribution in [3.05, 3.63) is 20.9 Å². The third-order valence-electron chi connectivity index (χ3n) is 1.95. The summed E-state index contributed by atoms with van der Waals surface area (Å²) in [6, 6.07) is 0. The van der Waals surface area contributed by atoms with Gasteiger partial charge in [-0.25, -0.2) is 13.8 Å². The molecular formula is C9H9F2IN2O2. The predicted molar refractivity (Wildman–Crippen MR) is 62.0 cm³/mol. The van der Waals surface area contributed by atoms with Crippen molar-refractivity contribution in [2.24, 2.45) is 0 Å². The van der Waals surface area contributed by atoms with Crippen LogP contribution in [0.25, 0.3) is 0 Å². The summed E-state index contributed by atoms with van der Waals surface area (Å²) in [7, 11) is 1.22. The first-order valence-electron chi connectivity index (χ1n) is 4.25. The van der Waals surface area contributed by atoms with Gasteiger partial charge in [-0.2, -0.15) is 0 Å². The van der Waals surface area contributed by atoms with Crippen LogP contribution in [-0.2, 0) is 16.0 Å². The fraction of sp³-hybridized carbons (Fsp3) is 0.333. The number of rotatable bonds is 3. The van der Waals surface area contributed by atoms with Gasteiger partial charge in [0.25, 0.3) is 6.43 Å². The first kappa shape index (κ1) is 13.1. The average Bonchev–Trinajstić information content (AvgIpc) is 2.23. The number of ether oxygens (including phenoxy) is 1. The van der Waals surface area contributed by atoms with Crippen LogP contribution in [0.15, 0.2) is 6.20 Å². The molecule has 16 heavy (non-hydrogen) atoms. The molecule has 0 aliphatic rings. The highest BCUT2D eigenvalue weighted by molar-refractivity contribution is 14.1. The van der Waals surface area contributed by atoms with Crippen molar-refractivity contribution in [1.29, 1.82) is 0 Å². The van der Waals surface area contributed by atoms with Gasteiger partial charge >= 0.3 is 5.97 Å². The number of hydrogen-bond donors (Lipinski definition) is 1. The van der Waals surface area contributed by atoms with Crippen LogP contribution in [0.1, 0.15) is 17.6 Å². The van der Waals surface area contributed by atoms with Crippen molar-refractivity contribution >= 4 is 34.4 Å². The molecular weight excluding hydrogens is 333 g/mol. The van der Waals surface area contributed by atoms with E-state index in [-0.39, 0.29) is 26.9 Å². The van der Waals surface area contributed by atoms with Gasteiger partial charge in [-0.3, -0.25) is 4.79 Å². The summed E-state index contributed by atoms with van der Waals surface area (Å²) < 4.78 is 29.8. The number of nitrogens with zero attached hydrogens (tertiary/aromatic N) is 1. The maximum absolute atomic E-state index is 12.6. The molecule has 2 N–H and O–H groups in total. The molecule has 0 unspecified atom stereocenters. The van der Waals surface area contributed by atoms with Crippen molar-refractivity contribution in [2.45, 2.75) is 12.8 Å². The number of aromatic nitrogens is 1. The molecule has 0 radical (unpaired) electrons. The Balaban J connectivity index is 3.16. The lowest BCUT2D eigenvalue weighted by Crippen LogP contribution is -2.11. The van der Waals surface area contributed by atoms with E-state index in [9.17, 15) is 13.6 Å². The van der Waals surface area contributed by atoms with Crippen LogP contribution in [0, 0.1) is 3.57 Å². The molecule has 0 fully saturated rings. The number of esters is 1. The van der Waals surface area contributed by atoms with Crippen molar-refractivity contribution in [3.8, 4) is 0 Å². The van der Waals surface area contributed by atoms with Crippen LogP contribution in [0.4, 0.5) is 14.6 Å². The van der Waals surface area contributed by atoms with Crippen molar-refractivity contribution in [3.63, 3.8) is 0 Å². The second-order valence-electron chi connectivity index (χ2n) is 2.94. The lowest BCUT2D eigenvalue weighted by molar-refractivity contribution is -0.139. The van der Waals surface area contributed by atoms with Crippen LogP contribution in [0.5, 0.6) is 0 Å². The molecule has 1 rings (SSSR count). The number of nitrogens with two attached hydrogens (primary N) is 1. The number of halogens is 3. The van der Waals surface area contributed by atoms with Crippen LogP contribution in [0.3, 0.4) is 0 Å². The number of anilines is 1. The maximum atomic E-state index is 12.6. The summed E-state index contributed by atoms with van der Waals surface area (Å²) in [5, 5.41) is 0. The molecule has 1 aromatic heterocycles. The smallest absolute Gasteiger partial charge is 0.310 e. The zero-order valence-corrected chi connectivity index (χ0v) is 10.5. The molecule has 0 amide bonds. The number of alkyl halides is 2. The quantitative estimate of drug-likeness (QED) is 0.673. The third kappa shape index (κ3) is 2.77. The zero-order valence-electron chi connectivity index (χ0n) is 8.34. The van der Waals surface area contributed by atoms with E-state index in [1.165, 1.54) is 7.11 Å². The SMILES string of the molecule is COC(=O)Cc1c(N)ncc(C(F)F)c1I. The molecule has 7 heteroatoms. The molecule has 0 atom stereocenters. The normalized spacial score (nSPS) is 10.6. The number of carbonyl (C=O) groups is 1. The van der Waals surface area contributed by atoms with Gasteiger partial charge in [0.15, 0.2) is 0 Å². The van der Waals surface area contributed by atoms with Gasteiger partial charge in [-0.15, -0.1) is 0 Å². The number of nitrogen functional groups attached to an aromatic ring is 1.